The summed E-state index contributed by atoms with van der Waals surface area (Å²) in [5.41, 5.74) is 1.90. The number of aromatic nitrogens is 1. The Morgan fingerprint density at radius 3 is 2.92 bits per heavy atom. The monoisotopic (exact) mass is 347 g/mol. The van der Waals surface area contributed by atoms with Crippen LogP contribution in [0.5, 0.6) is 0 Å². The molecule has 1 saturated heterocycles. The third kappa shape index (κ3) is 2.62. The molecular formula is C17H18FN3O2S. The smallest absolute Gasteiger partial charge is 0.243 e. The summed E-state index contributed by atoms with van der Waals surface area (Å²) in [6.07, 6.45) is 1.75. The topological polar surface area (TPSA) is 62.3 Å². The van der Waals surface area contributed by atoms with Gasteiger partial charge in [0.25, 0.3) is 0 Å². The lowest BCUT2D eigenvalue weighted by atomic mass is 9.91. The van der Waals surface area contributed by atoms with Crippen LogP contribution < -0.4 is 5.32 Å². The average molecular weight is 347 g/mol. The molecule has 3 heterocycles. The van der Waals surface area contributed by atoms with Crippen LogP contribution in [0.3, 0.4) is 0 Å². The van der Waals surface area contributed by atoms with Gasteiger partial charge in [-0.15, -0.1) is 0 Å². The molecule has 5 nitrogen and oxygen atoms in total. The fourth-order valence-electron chi connectivity index (χ4n) is 3.64. The van der Waals surface area contributed by atoms with Crippen molar-refractivity contribution in [1.82, 2.24) is 14.6 Å². The first-order valence-corrected chi connectivity index (χ1v) is 9.40. The van der Waals surface area contributed by atoms with Crippen LogP contribution in [0.1, 0.15) is 17.2 Å². The maximum atomic E-state index is 13.5. The van der Waals surface area contributed by atoms with Crippen LogP contribution in [0, 0.1) is 11.7 Å². The molecule has 24 heavy (non-hydrogen) atoms. The maximum Gasteiger partial charge on any atom is 0.243 e. The van der Waals surface area contributed by atoms with E-state index in [1.807, 2.05) is 12.1 Å². The Kier molecular flexibility index (Phi) is 3.86. The first-order valence-electron chi connectivity index (χ1n) is 7.96. The molecule has 0 amide bonds. The lowest BCUT2D eigenvalue weighted by Crippen LogP contribution is -2.35. The van der Waals surface area contributed by atoms with Crippen molar-refractivity contribution in [3.05, 3.63) is 59.7 Å². The number of halogens is 1. The summed E-state index contributed by atoms with van der Waals surface area (Å²) < 4.78 is 41.0. The molecule has 2 atom stereocenters. The summed E-state index contributed by atoms with van der Waals surface area (Å²) in [4.78, 5) is 4.50. The number of benzene rings is 1. The number of nitrogens with zero attached hydrogens (tertiary/aromatic N) is 2. The molecule has 0 saturated carbocycles. The largest absolute Gasteiger partial charge is 0.316 e. The fraction of sp³-hybridized carbons (Fsp3) is 0.353. The van der Waals surface area contributed by atoms with Gasteiger partial charge < -0.3 is 5.32 Å². The quantitative estimate of drug-likeness (QED) is 0.899. The van der Waals surface area contributed by atoms with Crippen LogP contribution in [0.25, 0.3) is 0 Å². The van der Waals surface area contributed by atoms with Crippen molar-refractivity contribution in [3.63, 3.8) is 0 Å². The third-order valence-corrected chi connectivity index (χ3v) is 6.64. The Bertz CT molecular complexity index is 872. The minimum atomic E-state index is -3.75. The van der Waals surface area contributed by atoms with Crippen molar-refractivity contribution in [2.45, 2.75) is 17.4 Å². The fourth-order valence-corrected chi connectivity index (χ4v) is 5.15. The van der Waals surface area contributed by atoms with Gasteiger partial charge in [-0.1, -0.05) is 12.1 Å². The van der Waals surface area contributed by atoms with Crippen molar-refractivity contribution >= 4 is 10.0 Å². The predicted octanol–water partition coefficient (Wildman–Crippen LogP) is 1.73. The summed E-state index contributed by atoms with van der Waals surface area (Å²) in [6, 6.07) is 8.95. The number of hydrogen-bond acceptors (Lipinski definition) is 4. The lowest BCUT2D eigenvalue weighted by Gasteiger charge is -2.23. The Balaban J connectivity index is 1.76. The summed E-state index contributed by atoms with van der Waals surface area (Å²) in [6.45, 7) is 2.25. The van der Waals surface area contributed by atoms with E-state index in [2.05, 4.69) is 10.3 Å². The normalized spacial score (nSPS) is 24.2. The number of sulfonamides is 1. The van der Waals surface area contributed by atoms with E-state index < -0.39 is 15.8 Å². The maximum absolute atomic E-state index is 13.5. The van der Waals surface area contributed by atoms with Gasteiger partial charge >= 0.3 is 0 Å². The van der Waals surface area contributed by atoms with Crippen LogP contribution in [-0.4, -0.2) is 37.3 Å². The lowest BCUT2D eigenvalue weighted by molar-refractivity contribution is 0.349. The number of nitrogens with one attached hydrogen (secondary N) is 1. The highest BCUT2D eigenvalue weighted by atomic mass is 32.2. The second-order valence-corrected chi connectivity index (χ2v) is 8.27. The van der Waals surface area contributed by atoms with Gasteiger partial charge in [0.15, 0.2) is 0 Å². The van der Waals surface area contributed by atoms with Crippen molar-refractivity contribution < 1.29 is 12.8 Å². The highest BCUT2D eigenvalue weighted by Gasteiger charge is 2.39. The van der Waals surface area contributed by atoms with Crippen molar-refractivity contribution in [2.24, 2.45) is 5.92 Å². The standard InChI is InChI=1S/C17H18FN3O2S/c18-14-4-1-5-15(7-14)24(22,23)21-10-12-3-2-6-20-17(12)16-9-19-8-13(16)11-21/h1-7,13,16,19H,8-11H2/t13-,16+/m1/s1. The summed E-state index contributed by atoms with van der Waals surface area (Å²) in [7, 11) is -3.75. The first-order chi connectivity index (χ1) is 11.6. The zero-order chi connectivity index (χ0) is 16.7. The molecule has 1 fully saturated rings. The van der Waals surface area contributed by atoms with Crippen molar-refractivity contribution in [3.8, 4) is 0 Å². The number of hydrogen-bond donors (Lipinski definition) is 1. The van der Waals surface area contributed by atoms with Crippen LogP contribution >= 0.6 is 0 Å². The van der Waals surface area contributed by atoms with Gasteiger partial charge in [0.1, 0.15) is 5.82 Å². The van der Waals surface area contributed by atoms with E-state index in [-0.39, 0.29) is 23.3 Å². The molecule has 0 unspecified atom stereocenters. The van der Waals surface area contributed by atoms with Crippen LogP contribution in [0.4, 0.5) is 4.39 Å². The predicted molar refractivity (Wildman–Crippen MR) is 87.3 cm³/mol. The van der Waals surface area contributed by atoms with Crippen LogP contribution in [0.15, 0.2) is 47.5 Å². The molecule has 126 valence electrons. The highest BCUT2D eigenvalue weighted by Crippen LogP contribution is 2.35. The van der Waals surface area contributed by atoms with Gasteiger partial charge in [-0.3, -0.25) is 4.98 Å². The number of fused-ring (bicyclic) bond motifs is 3. The zero-order valence-electron chi connectivity index (χ0n) is 13.0. The van der Waals surface area contributed by atoms with E-state index in [0.29, 0.717) is 6.54 Å². The van der Waals surface area contributed by atoms with Gasteiger partial charge in [0.2, 0.25) is 10.0 Å². The molecule has 0 spiro atoms. The second kappa shape index (κ2) is 5.91. The van der Waals surface area contributed by atoms with Crippen molar-refractivity contribution in [1.29, 1.82) is 0 Å². The Labute approximate surface area is 140 Å². The third-order valence-electron chi connectivity index (χ3n) is 4.84. The van der Waals surface area contributed by atoms with Crippen molar-refractivity contribution in [2.75, 3.05) is 19.6 Å². The van der Waals surface area contributed by atoms with E-state index in [1.54, 1.807) is 6.20 Å². The Hall–Kier alpha value is -1.83. The van der Waals surface area contributed by atoms with Crippen LogP contribution in [0.2, 0.25) is 0 Å². The molecule has 1 N–H and O–H groups in total. The van der Waals surface area contributed by atoms with E-state index in [1.165, 1.54) is 22.5 Å². The minimum Gasteiger partial charge on any atom is -0.316 e. The van der Waals surface area contributed by atoms with E-state index in [4.69, 9.17) is 0 Å². The first kappa shape index (κ1) is 15.7. The average Bonchev–Trinajstić information content (AvgIpc) is 2.96. The van der Waals surface area contributed by atoms with Gasteiger partial charge in [0, 0.05) is 37.4 Å². The molecule has 2 aliphatic rings. The van der Waals surface area contributed by atoms with E-state index in [9.17, 15) is 12.8 Å². The molecule has 2 aliphatic heterocycles. The van der Waals surface area contributed by atoms with Gasteiger partial charge in [-0.25, -0.2) is 12.8 Å². The van der Waals surface area contributed by atoms with Gasteiger partial charge in [0.05, 0.1) is 4.90 Å². The molecule has 1 aromatic heterocycles. The van der Waals surface area contributed by atoms with Gasteiger partial charge in [-0.2, -0.15) is 4.31 Å². The number of rotatable bonds is 2. The minimum absolute atomic E-state index is 0.00246. The van der Waals surface area contributed by atoms with Crippen LogP contribution in [-0.2, 0) is 16.6 Å². The number of pyridine rings is 1. The molecular weight excluding hydrogens is 329 g/mol. The van der Waals surface area contributed by atoms with Gasteiger partial charge in [-0.05, 0) is 42.3 Å². The highest BCUT2D eigenvalue weighted by molar-refractivity contribution is 7.89. The molecule has 0 bridgehead atoms. The second-order valence-electron chi connectivity index (χ2n) is 6.33. The molecule has 2 aromatic rings. The summed E-state index contributed by atoms with van der Waals surface area (Å²) >= 11 is 0. The summed E-state index contributed by atoms with van der Waals surface area (Å²) in [5.74, 6) is -0.160. The zero-order valence-corrected chi connectivity index (χ0v) is 13.8. The Morgan fingerprint density at radius 1 is 1.21 bits per heavy atom. The van der Waals surface area contributed by atoms with E-state index in [0.717, 1.165) is 30.4 Å². The molecule has 1 aromatic carbocycles. The molecule has 0 radical (unpaired) electrons. The molecule has 0 aliphatic carbocycles. The Morgan fingerprint density at radius 2 is 2.08 bits per heavy atom. The van der Waals surface area contributed by atoms with E-state index >= 15 is 0 Å². The molecule has 4 rings (SSSR count). The summed E-state index contributed by atoms with van der Waals surface area (Å²) in [5, 5.41) is 3.33. The SMILES string of the molecule is O=S(=O)(c1cccc(F)c1)N1Cc2cccnc2[C@H]2CNC[C@@H]2C1. The molecule has 7 heteroatoms.